The van der Waals surface area contributed by atoms with Gasteiger partial charge in [0.15, 0.2) is 11.5 Å². The first-order chi connectivity index (χ1) is 11.3. The lowest BCUT2D eigenvalue weighted by Crippen LogP contribution is -2.15. The first-order valence-electron chi connectivity index (χ1n) is 7.25. The Bertz CT molecular complexity index is 771. The molecule has 0 fully saturated rings. The second-order valence-electron chi connectivity index (χ2n) is 5.39. The summed E-state index contributed by atoms with van der Waals surface area (Å²) in [6, 6.07) is 4.70. The predicted molar refractivity (Wildman–Crippen MR) is 91.2 cm³/mol. The quantitative estimate of drug-likeness (QED) is 0.772. The molecule has 0 saturated heterocycles. The van der Waals surface area contributed by atoms with Gasteiger partial charge in [0, 0.05) is 17.7 Å². The first kappa shape index (κ1) is 17.8. The van der Waals surface area contributed by atoms with Gasteiger partial charge in [-0.3, -0.25) is 9.59 Å². The minimum atomic E-state index is -0.548. The van der Waals surface area contributed by atoms with Crippen LogP contribution in [-0.2, 0) is 0 Å². The van der Waals surface area contributed by atoms with E-state index >= 15 is 0 Å². The van der Waals surface area contributed by atoms with E-state index in [1.165, 1.54) is 26.2 Å². The van der Waals surface area contributed by atoms with Crippen LogP contribution in [0.2, 0.25) is 5.02 Å². The molecular formula is C16H18ClN3O4. The predicted octanol–water partition coefficient (Wildman–Crippen LogP) is 3.61. The summed E-state index contributed by atoms with van der Waals surface area (Å²) in [6.07, 6.45) is 0. The number of methoxy groups -OCH3 is 1. The number of aromatic nitrogens is 1. The van der Waals surface area contributed by atoms with E-state index in [1.807, 2.05) is 13.8 Å². The maximum absolute atomic E-state index is 12.4. The van der Waals surface area contributed by atoms with Crippen molar-refractivity contribution in [3.63, 3.8) is 0 Å². The van der Waals surface area contributed by atoms with E-state index in [-0.39, 0.29) is 33.8 Å². The third-order valence-corrected chi connectivity index (χ3v) is 3.49. The normalized spacial score (nSPS) is 10.6. The zero-order chi connectivity index (χ0) is 17.9. The Labute approximate surface area is 144 Å². The highest BCUT2D eigenvalue weighted by atomic mass is 35.5. The number of hydrogen-bond donors (Lipinski definition) is 2. The van der Waals surface area contributed by atoms with Crippen LogP contribution in [0.1, 0.15) is 41.6 Å². The Morgan fingerprint density at radius 3 is 2.62 bits per heavy atom. The van der Waals surface area contributed by atoms with Crippen molar-refractivity contribution in [2.24, 2.45) is 0 Å². The van der Waals surface area contributed by atoms with E-state index in [4.69, 9.17) is 20.9 Å². The highest BCUT2D eigenvalue weighted by Gasteiger charge is 2.20. The summed E-state index contributed by atoms with van der Waals surface area (Å²) in [5.41, 5.74) is 0.514. The Morgan fingerprint density at radius 1 is 1.33 bits per heavy atom. The summed E-state index contributed by atoms with van der Waals surface area (Å²) in [5, 5.41) is 9.43. The second kappa shape index (κ2) is 7.35. The van der Waals surface area contributed by atoms with Crippen LogP contribution in [0, 0.1) is 0 Å². The van der Waals surface area contributed by atoms with Crippen molar-refractivity contribution in [3.8, 4) is 5.75 Å². The van der Waals surface area contributed by atoms with Gasteiger partial charge in [0.25, 0.3) is 5.91 Å². The number of benzene rings is 1. The van der Waals surface area contributed by atoms with Crippen molar-refractivity contribution in [3.05, 3.63) is 34.5 Å². The number of ketones is 1. The van der Waals surface area contributed by atoms with Crippen LogP contribution in [0.25, 0.3) is 0 Å². The molecule has 0 radical (unpaired) electrons. The van der Waals surface area contributed by atoms with Gasteiger partial charge in [-0.15, -0.1) is 0 Å². The fourth-order valence-corrected chi connectivity index (χ4v) is 2.33. The summed E-state index contributed by atoms with van der Waals surface area (Å²) in [5.74, 6) is -0.0663. The molecule has 2 aromatic rings. The fraction of sp³-hybridized carbons (Fsp3) is 0.312. The van der Waals surface area contributed by atoms with Gasteiger partial charge in [-0.2, -0.15) is 0 Å². The van der Waals surface area contributed by atoms with E-state index in [0.717, 1.165) is 0 Å². The molecule has 1 heterocycles. The van der Waals surface area contributed by atoms with Crippen LogP contribution in [0.15, 0.2) is 22.7 Å². The molecule has 0 bridgehead atoms. The molecule has 0 spiro atoms. The molecule has 8 heteroatoms. The van der Waals surface area contributed by atoms with Crippen LogP contribution in [0.5, 0.6) is 5.75 Å². The van der Waals surface area contributed by atoms with Crippen LogP contribution in [0.4, 0.5) is 11.6 Å². The number of amides is 1. The number of anilines is 2. The van der Waals surface area contributed by atoms with Crippen LogP contribution >= 0.6 is 11.6 Å². The highest BCUT2D eigenvalue weighted by Crippen LogP contribution is 2.35. The van der Waals surface area contributed by atoms with Crippen molar-refractivity contribution in [1.29, 1.82) is 0 Å². The lowest BCUT2D eigenvalue weighted by atomic mass is 10.1. The maximum Gasteiger partial charge on any atom is 0.277 e. The number of rotatable bonds is 6. The van der Waals surface area contributed by atoms with Gasteiger partial charge in [0.05, 0.1) is 12.8 Å². The molecule has 0 atom stereocenters. The van der Waals surface area contributed by atoms with Crippen LogP contribution < -0.4 is 15.4 Å². The minimum absolute atomic E-state index is 0.0616. The third-order valence-electron chi connectivity index (χ3n) is 3.12. The second-order valence-corrected chi connectivity index (χ2v) is 5.77. The molecule has 1 aromatic carbocycles. The Balaban J connectivity index is 2.31. The maximum atomic E-state index is 12.4. The Morgan fingerprint density at radius 2 is 2.04 bits per heavy atom. The average Bonchev–Trinajstić information content (AvgIpc) is 2.96. The van der Waals surface area contributed by atoms with Gasteiger partial charge in [-0.1, -0.05) is 16.8 Å². The molecule has 128 valence electrons. The Kier molecular flexibility index (Phi) is 5.46. The number of ether oxygens (including phenoxy) is 1. The first-order valence-corrected chi connectivity index (χ1v) is 7.63. The molecule has 2 N–H and O–H groups in total. The molecule has 2 rings (SSSR count). The number of hydrogen-bond acceptors (Lipinski definition) is 6. The molecule has 0 unspecified atom stereocenters. The van der Waals surface area contributed by atoms with E-state index in [2.05, 4.69) is 15.8 Å². The largest absolute Gasteiger partial charge is 0.495 e. The van der Waals surface area contributed by atoms with Crippen LogP contribution in [-0.4, -0.2) is 30.0 Å². The molecular weight excluding hydrogens is 334 g/mol. The SMILES string of the molecule is COc1ccc(C(C)=O)c(NC(=O)c2cc(NC(C)C)on2)c1Cl. The lowest BCUT2D eigenvalue weighted by molar-refractivity contribution is 0.101. The van der Waals surface area contributed by atoms with Gasteiger partial charge in [-0.05, 0) is 32.9 Å². The van der Waals surface area contributed by atoms with Gasteiger partial charge >= 0.3 is 0 Å². The summed E-state index contributed by atoms with van der Waals surface area (Å²) < 4.78 is 10.2. The number of carbonyl (C=O) groups is 2. The van der Waals surface area contributed by atoms with Crippen molar-refractivity contribution >= 4 is 34.9 Å². The zero-order valence-corrected chi connectivity index (χ0v) is 14.5. The minimum Gasteiger partial charge on any atom is -0.495 e. The number of nitrogens with zero attached hydrogens (tertiary/aromatic N) is 1. The van der Waals surface area contributed by atoms with E-state index in [1.54, 1.807) is 6.07 Å². The smallest absolute Gasteiger partial charge is 0.277 e. The average molecular weight is 352 g/mol. The number of Topliss-reactive ketones (excluding diaryl/α,β-unsaturated/α-hetero) is 1. The van der Waals surface area contributed by atoms with E-state index in [9.17, 15) is 9.59 Å². The molecule has 7 nitrogen and oxygen atoms in total. The van der Waals surface area contributed by atoms with Gasteiger partial charge in [-0.25, -0.2) is 0 Å². The van der Waals surface area contributed by atoms with Crippen molar-refractivity contribution in [1.82, 2.24) is 5.16 Å². The van der Waals surface area contributed by atoms with Gasteiger partial charge < -0.3 is 19.9 Å². The summed E-state index contributed by atoms with van der Waals surface area (Å²) in [4.78, 5) is 24.1. The fourth-order valence-electron chi connectivity index (χ4n) is 2.04. The molecule has 0 aliphatic rings. The van der Waals surface area contributed by atoms with Crippen molar-refractivity contribution < 1.29 is 18.8 Å². The molecule has 1 amide bonds. The molecule has 1 aromatic heterocycles. The topological polar surface area (TPSA) is 93.5 Å². The van der Waals surface area contributed by atoms with Crippen molar-refractivity contribution in [2.75, 3.05) is 17.7 Å². The number of nitrogens with one attached hydrogen (secondary N) is 2. The highest BCUT2D eigenvalue weighted by molar-refractivity contribution is 6.36. The summed E-state index contributed by atoms with van der Waals surface area (Å²) in [7, 11) is 1.45. The van der Waals surface area contributed by atoms with E-state index < -0.39 is 5.91 Å². The summed E-state index contributed by atoms with van der Waals surface area (Å²) >= 11 is 6.22. The summed E-state index contributed by atoms with van der Waals surface area (Å²) in [6.45, 7) is 5.24. The molecule has 0 aliphatic heterocycles. The number of carbonyl (C=O) groups excluding carboxylic acids is 2. The molecule has 0 saturated carbocycles. The number of halogens is 1. The van der Waals surface area contributed by atoms with Gasteiger partial charge in [0.2, 0.25) is 5.88 Å². The monoisotopic (exact) mass is 351 g/mol. The molecule has 0 aliphatic carbocycles. The van der Waals surface area contributed by atoms with Crippen LogP contribution in [0.3, 0.4) is 0 Å². The van der Waals surface area contributed by atoms with Crippen molar-refractivity contribution in [2.45, 2.75) is 26.8 Å². The van der Waals surface area contributed by atoms with E-state index in [0.29, 0.717) is 11.6 Å². The third kappa shape index (κ3) is 3.86. The van der Waals surface area contributed by atoms with Gasteiger partial charge in [0.1, 0.15) is 10.8 Å². The zero-order valence-electron chi connectivity index (χ0n) is 13.8. The lowest BCUT2D eigenvalue weighted by Gasteiger charge is -2.13. The molecule has 24 heavy (non-hydrogen) atoms. The standard InChI is InChI=1S/C16H18ClN3O4/c1-8(2)18-13-7-11(20-24-13)16(22)19-15-10(9(3)21)5-6-12(23-4)14(15)17/h5-8,18H,1-4H3,(H,19,22). The Hall–Kier alpha value is -2.54.